The van der Waals surface area contributed by atoms with E-state index in [1.165, 1.54) is 0 Å². The van der Waals surface area contributed by atoms with Gasteiger partial charge in [0, 0.05) is 41.3 Å². The predicted molar refractivity (Wildman–Crippen MR) is 103 cm³/mol. The number of nitrogens with one attached hydrogen (secondary N) is 2. The van der Waals surface area contributed by atoms with Crippen LogP contribution in [0.4, 0.5) is 0 Å². The largest absolute Gasteiger partial charge is 0.506 e. The van der Waals surface area contributed by atoms with Gasteiger partial charge in [-0.2, -0.15) is 0 Å². The summed E-state index contributed by atoms with van der Waals surface area (Å²) < 4.78 is 2.19. The average molecular weight is 367 g/mol. The van der Waals surface area contributed by atoms with Gasteiger partial charge in [-0.1, -0.05) is 6.07 Å². The van der Waals surface area contributed by atoms with Gasteiger partial charge in [0.2, 0.25) is 0 Å². The summed E-state index contributed by atoms with van der Waals surface area (Å²) in [6.45, 7) is 1.72. The highest BCUT2D eigenvalue weighted by Crippen LogP contribution is 2.38. The van der Waals surface area contributed by atoms with E-state index < -0.39 is 22.8 Å². The fourth-order valence-electron chi connectivity index (χ4n) is 4.01. The molecule has 0 aliphatic heterocycles. The first-order valence-corrected chi connectivity index (χ1v) is 9.00. The van der Waals surface area contributed by atoms with Crippen molar-refractivity contribution in [2.45, 2.75) is 25.8 Å². The van der Waals surface area contributed by atoms with E-state index in [0.29, 0.717) is 17.7 Å². The van der Waals surface area contributed by atoms with Crippen LogP contribution in [-0.4, -0.2) is 39.3 Å². The Labute approximate surface area is 155 Å². The second-order valence-electron chi connectivity index (χ2n) is 6.83. The van der Waals surface area contributed by atoms with E-state index in [0.717, 1.165) is 48.0 Å². The van der Waals surface area contributed by atoms with Crippen LogP contribution in [0.2, 0.25) is 0 Å². The van der Waals surface area contributed by atoms with E-state index in [-0.39, 0.29) is 0 Å². The number of fused-ring (bicyclic) bond motifs is 5. The Morgan fingerprint density at radius 2 is 2.04 bits per heavy atom. The summed E-state index contributed by atoms with van der Waals surface area (Å²) in [6.07, 6.45) is 4.12. The maximum absolute atomic E-state index is 12.3. The molecule has 27 heavy (non-hydrogen) atoms. The molecule has 7 nitrogen and oxygen atoms in total. The minimum absolute atomic E-state index is 0.416. The van der Waals surface area contributed by atoms with Gasteiger partial charge in [0.1, 0.15) is 5.75 Å². The molecule has 0 fully saturated rings. The maximum Gasteiger partial charge on any atom is 0.345 e. The van der Waals surface area contributed by atoms with Crippen molar-refractivity contribution in [2.75, 3.05) is 13.6 Å². The van der Waals surface area contributed by atoms with Crippen LogP contribution in [0.1, 0.15) is 27.9 Å². The smallest absolute Gasteiger partial charge is 0.345 e. The Bertz CT molecular complexity index is 1110. The number of hydrogen-bond donors (Lipinski definition) is 4. The number of aryl methyl sites for hydroxylation is 1. The van der Waals surface area contributed by atoms with Crippen LogP contribution in [0.15, 0.2) is 29.2 Å². The molecule has 0 amide bonds. The summed E-state index contributed by atoms with van der Waals surface area (Å²) in [4.78, 5) is 26.3. The average Bonchev–Trinajstić information content (AvgIpc) is 2.95. The molecule has 1 aliphatic rings. The van der Waals surface area contributed by atoms with Crippen molar-refractivity contribution in [3.8, 4) is 17.0 Å². The third-order valence-electron chi connectivity index (χ3n) is 5.29. The number of rotatable bonds is 4. The van der Waals surface area contributed by atoms with Crippen molar-refractivity contribution in [2.24, 2.45) is 0 Å². The maximum atomic E-state index is 12.3. The van der Waals surface area contributed by atoms with Crippen molar-refractivity contribution < 1.29 is 15.0 Å². The lowest BCUT2D eigenvalue weighted by atomic mass is 9.97. The van der Waals surface area contributed by atoms with Crippen molar-refractivity contribution in [1.29, 1.82) is 0 Å². The minimum Gasteiger partial charge on any atom is -0.506 e. The molecule has 0 atom stereocenters. The molecule has 3 aromatic rings. The molecular weight excluding hydrogens is 346 g/mol. The fraction of sp³-hybridized carbons (Fsp3) is 0.300. The number of pyridine rings is 1. The molecule has 2 heterocycles. The van der Waals surface area contributed by atoms with Crippen molar-refractivity contribution in [1.82, 2.24) is 14.9 Å². The molecule has 1 aliphatic carbocycles. The van der Waals surface area contributed by atoms with E-state index in [1.807, 2.05) is 19.2 Å². The van der Waals surface area contributed by atoms with Crippen molar-refractivity contribution in [3.63, 3.8) is 0 Å². The molecule has 1 aromatic carbocycles. The van der Waals surface area contributed by atoms with Crippen molar-refractivity contribution >= 4 is 16.9 Å². The zero-order valence-corrected chi connectivity index (χ0v) is 15.0. The molecule has 0 radical (unpaired) electrons. The number of aromatic carboxylic acids is 1. The van der Waals surface area contributed by atoms with Crippen molar-refractivity contribution in [3.05, 3.63) is 51.4 Å². The van der Waals surface area contributed by atoms with E-state index in [1.54, 1.807) is 0 Å². The number of carboxylic acid groups (broad SMARTS) is 1. The second kappa shape index (κ2) is 6.59. The summed E-state index contributed by atoms with van der Waals surface area (Å²) in [7, 11) is 1.92. The number of H-pyrrole nitrogens is 1. The van der Waals surface area contributed by atoms with E-state index >= 15 is 0 Å². The van der Waals surface area contributed by atoms with Gasteiger partial charge in [-0.3, -0.25) is 4.79 Å². The van der Waals surface area contributed by atoms with Crippen LogP contribution in [0.3, 0.4) is 0 Å². The molecule has 2 aromatic heterocycles. The molecule has 0 spiro atoms. The van der Waals surface area contributed by atoms with Gasteiger partial charge in [-0.05, 0) is 44.0 Å². The second-order valence-corrected chi connectivity index (χ2v) is 6.83. The van der Waals surface area contributed by atoms with Gasteiger partial charge in [0.15, 0.2) is 5.56 Å². The quantitative estimate of drug-likeness (QED) is 0.565. The van der Waals surface area contributed by atoms with Gasteiger partial charge in [-0.25, -0.2) is 4.79 Å². The number of nitrogens with zero attached hydrogens (tertiary/aromatic N) is 1. The molecule has 0 saturated heterocycles. The molecule has 4 N–H and O–H groups in total. The van der Waals surface area contributed by atoms with Gasteiger partial charge < -0.3 is 25.1 Å². The number of hydrogen-bond acceptors (Lipinski definition) is 4. The van der Waals surface area contributed by atoms with Crippen LogP contribution < -0.4 is 10.9 Å². The number of likely N-dealkylation sites (N-methyl/N-ethyl adjacent to an activating group) is 1. The molecule has 0 saturated carbocycles. The molecule has 4 rings (SSSR count). The third-order valence-corrected chi connectivity index (χ3v) is 5.29. The Balaban J connectivity index is 1.94. The number of carbonyl (C=O) groups is 1. The topological polar surface area (TPSA) is 107 Å². The zero-order valence-electron chi connectivity index (χ0n) is 15.0. The predicted octanol–water partition coefficient (Wildman–Crippen LogP) is 2.11. The molecule has 0 bridgehead atoms. The highest BCUT2D eigenvalue weighted by atomic mass is 16.4. The first kappa shape index (κ1) is 17.4. The monoisotopic (exact) mass is 367 g/mol. The Morgan fingerprint density at radius 1 is 1.26 bits per heavy atom. The molecule has 140 valence electrons. The van der Waals surface area contributed by atoms with E-state index in [9.17, 15) is 19.8 Å². The highest BCUT2D eigenvalue weighted by molar-refractivity contribution is 5.94. The van der Waals surface area contributed by atoms with Crippen LogP contribution in [0, 0.1) is 0 Å². The van der Waals surface area contributed by atoms with Gasteiger partial charge in [-0.15, -0.1) is 0 Å². The molecular formula is C20H21N3O4. The van der Waals surface area contributed by atoms with Gasteiger partial charge >= 0.3 is 5.97 Å². The minimum atomic E-state index is -1.42. The van der Waals surface area contributed by atoms with E-state index in [4.69, 9.17) is 0 Å². The Hall–Kier alpha value is -3.06. The standard InChI is InChI=1S/C20H21N3O4/c1-21-8-10-23-9-7-12-11-3-2-4-14-17(13(11)5-6-15(12)23)22-19(25)16(18(14)24)20(26)27/h5-7,9,21H,2-4,8,10H2,1H3,(H,26,27)(H2,22,24,25). The normalized spacial score (nSPS) is 13.2. The summed E-state index contributed by atoms with van der Waals surface area (Å²) in [5.74, 6) is -1.83. The number of benzene rings is 1. The first-order valence-electron chi connectivity index (χ1n) is 9.00. The Kier molecular flexibility index (Phi) is 4.24. The van der Waals surface area contributed by atoms with Crippen LogP contribution >= 0.6 is 0 Å². The lowest BCUT2D eigenvalue weighted by molar-refractivity contribution is 0.0691. The molecule has 7 heteroatoms. The number of aromatic hydroxyl groups is 1. The van der Waals surface area contributed by atoms with Crippen LogP contribution in [0.25, 0.3) is 22.2 Å². The number of carboxylic acids is 1. The highest BCUT2D eigenvalue weighted by Gasteiger charge is 2.26. The Morgan fingerprint density at radius 3 is 2.78 bits per heavy atom. The zero-order chi connectivity index (χ0) is 19.1. The third kappa shape index (κ3) is 2.71. The number of aromatic amines is 1. The summed E-state index contributed by atoms with van der Waals surface area (Å²) in [5, 5.41) is 24.0. The number of aromatic nitrogens is 2. The first-order chi connectivity index (χ1) is 13.0. The van der Waals surface area contributed by atoms with Gasteiger partial charge in [0.25, 0.3) is 5.56 Å². The fourth-order valence-corrected chi connectivity index (χ4v) is 4.01. The lowest BCUT2D eigenvalue weighted by Gasteiger charge is -2.13. The lowest BCUT2D eigenvalue weighted by Crippen LogP contribution is -2.20. The van der Waals surface area contributed by atoms with Crippen LogP contribution in [-0.2, 0) is 19.4 Å². The summed E-state index contributed by atoms with van der Waals surface area (Å²) in [5.41, 5.74) is 2.76. The molecule has 0 unspecified atom stereocenters. The van der Waals surface area contributed by atoms with E-state index in [2.05, 4.69) is 27.1 Å². The SMILES string of the molecule is CNCCn1ccc2c3c(ccc21)-c1[nH]c(=O)c(C(=O)O)c(O)c1CCC3. The van der Waals surface area contributed by atoms with Gasteiger partial charge in [0.05, 0.1) is 5.69 Å². The van der Waals surface area contributed by atoms with Crippen LogP contribution in [0.5, 0.6) is 5.75 Å². The summed E-state index contributed by atoms with van der Waals surface area (Å²) in [6, 6.07) is 6.05. The summed E-state index contributed by atoms with van der Waals surface area (Å²) >= 11 is 0.